The first kappa shape index (κ1) is 16.5. The van der Waals surface area contributed by atoms with E-state index in [-0.39, 0.29) is 11.9 Å². The topological polar surface area (TPSA) is 57.3 Å². The number of aromatic nitrogens is 1. The summed E-state index contributed by atoms with van der Waals surface area (Å²) in [6.45, 7) is 5.58. The number of piperidine rings is 2. The fourth-order valence-electron chi connectivity index (χ4n) is 4.32. The van der Waals surface area contributed by atoms with Crippen molar-refractivity contribution in [3.8, 4) is 0 Å². The van der Waals surface area contributed by atoms with E-state index < -0.39 is 0 Å². The summed E-state index contributed by atoms with van der Waals surface area (Å²) in [6.07, 6.45) is 6.20. The molecular formula is C18H25BrN4O. The fourth-order valence-corrected chi connectivity index (χ4v) is 4.63. The number of fused-ring (bicyclic) bond motifs is 1. The second-order valence-electron chi connectivity index (χ2n) is 7.67. The molecule has 130 valence electrons. The van der Waals surface area contributed by atoms with Gasteiger partial charge in [0.1, 0.15) is 10.4 Å². The van der Waals surface area contributed by atoms with Crippen LogP contribution in [-0.2, 0) is 4.79 Å². The molecule has 3 aliphatic rings. The van der Waals surface area contributed by atoms with Gasteiger partial charge in [-0.3, -0.25) is 4.79 Å². The van der Waals surface area contributed by atoms with E-state index in [4.69, 9.17) is 0 Å². The summed E-state index contributed by atoms with van der Waals surface area (Å²) in [5.74, 6) is 0.704. The van der Waals surface area contributed by atoms with Crippen LogP contribution in [-0.4, -0.2) is 47.5 Å². The molecule has 2 N–H and O–H groups in total. The van der Waals surface area contributed by atoms with Crippen LogP contribution in [0, 0.1) is 12.3 Å². The van der Waals surface area contributed by atoms with Crippen LogP contribution in [0.2, 0.25) is 0 Å². The third kappa shape index (κ3) is 3.24. The summed E-state index contributed by atoms with van der Waals surface area (Å²) in [4.78, 5) is 19.6. The van der Waals surface area contributed by atoms with Gasteiger partial charge in [-0.15, -0.1) is 0 Å². The van der Waals surface area contributed by atoms with Gasteiger partial charge in [-0.25, -0.2) is 4.98 Å². The molecule has 3 fully saturated rings. The van der Waals surface area contributed by atoms with Crippen LogP contribution in [0.4, 0.5) is 5.82 Å². The van der Waals surface area contributed by atoms with Gasteiger partial charge in [0.25, 0.3) is 0 Å². The van der Waals surface area contributed by atoms with Crippen molar-refractivity contribution in [1.29, 1.82) is 0 Å². The first-order valence-corrected chi connectivity index (χ1v) is 9.77. The largest absolute Gasteiger partial charge is 0.309 e. The predicted molar refractivity (Wildman–Crippen MR) is 98.0 cm³/mol. The number of nitrogens with one attached hydrogen (secondary N) is 2. The zero-order chi connectivity index (χ0) is 16.7. The number of halogens is 1. The highest BCUT2D eigenvalue weighted by Gasteiger charge is 2.61. The number of hydrogen-bond acceptors (Lipinski definition) is 4. The molecule has 0 bridgehead atoms. The van der Waals surface area contributed by atoms with Crippen molar-refractivity contribution in [2.75, 3.05) is 25.0 Å². The zero-order valence-corrected chi connectivity index (χ0v) is 15.7. The van der Waals surface area contributed by atoms with Crippen LogP contribution >= 0.6 is 15.9 Å². The van der Waals surface area contributed by atoms with E-state index in [0.29, 0.717) is 17.3 Å². The highest BCUT2D eigenvalue weighted by Crippen LogP contribution is 2.55. The van der Waals surface area contributed by atoms with Crippen molar-refractivity contribution >= 4 is 27.7 Å². The van der Waals surface area contributed by atoms with Crippen LogP contribution in [0.3, 0.4) is 0 Å². The highest BCUT2D eigenvalue weighted by molar-refractivity contribution is 9.10. The van der Waals surface area contributed by atoms with E-state index in [1.165, 1.54) is 38.8 Å². The number of carbonyl (C=O) groups is 1. The number of hydrogen-bond donors (Lipinski definition) is 2. The minimum atomic E-state index is -0.0891. The van der Waals surface area contributed by atoms with Crippen molar-refractivity contribution in [3.63, 3.8) is 0 Å². The number of amides is 1. The molecule has 3 heterocycles. The molecule has 1 amide bonds. The maximum Gasteiger partial charge on any atom is 0.242 e. The lowest BCUT2D eigenvalue weighted by molar-refractivity contribution is -0.118. The third-order valence-electron chi connectivity index (χ3n) is 5.81. The van der Waals surface area contributed by atoms with Gasteiger partial charge in [0.2, 0.25) is 5.91 Å². The number of carbonyl (C=O) groups excluding carboxylic acids is 1. The van der Waals surface area contributed by atoms with Crippen molar-refractivity contribution in [2.24, 2.45) is 5.41 Å². The van der Waals surface area contributed by atoms with Crippen LogP contribution in [0.15, 0.2) is 16.7 Å². The zero-order valence-electron chi connectivity index (χ0n) is 14.1. The van der Waals surface area contributed by atoms with Crippen molar-refractivity contribution in [3.05, 3.63) is 22.3 Å². The van der Waals surface area contributed by atoms with Crippen LogP contribution in [0.25, 0.3) is 0 Å². The third-order valence-corrected chi connectivity index (χ3v) is 6.25. The average molecular weight is 393 g/mol. The number of likely N-dealkylation sites (tertiary alicyclic amines) is 1. The maximum atomic E-state index is 12.6. The van der Waals surface area contributed by atoms with Crippen molar-refractivity contribution in [2.45, 2.75) is 51.1 Å². The van der Waals surface area contributed by atoms with Gasteiger partial charge < -0.3 is 15.5 Å². The SMILES string of the molecule is Cc1ccc(Br)nc1NC(=O)C1CC2(CN3CCCCC3)CC2N1. The molecule has 2 saturated heterocycles. The van der Waals surface area contributed by atoms with Crippen LogP contribution in [0.1, 0.15) is 37.7 Å². The lowest BCUT2D eigenvalue weighted by Gasteiger charge is -2.30. The van der Waals surface area contributed by atoms with Gasteiger partial charge in [-0.1, -0.05) is 12.5 Å². The first-order valence-electron chi connectivity index (χ1n) is 8.98. The molecule has 1 aromatic heterocycles. The lowest BCUT2D eigenvalue weighted by atomic mass is 9.97. The second-order valence-corrected chi connectivity index (χ2v) is 8.48. The summed E-state index contributed by atoms with van der Waals surface area (Å²) < 4.78 is 0.743. The predicted octanol–water partition coefficient (Wildman–Crippen LogP) is 2.70. The minimum absolute atomic E-state index is 0.0499. The molecule has 3 atom stereocenters. The van der Waals surface area contributed by atoms with Gasteiger partial charge >= 0.3 is 0 Å². The second kappa shape index (κ2) is 6.39. The Kier molecular flexibility index (Phi) is 4.39. The molecule has 1 saturated carbocycles. The summed E-state index contributed by atoms with van der Waals surface area (Å²) >= 11 is 3.37. The Bertz CT molecular complexity index is 646. The van der Waals surface area contributed by atoms with Gasteiger partial charge in [-0.2, -0.15) is 0 Å². The average Bonchev–Trinajstić information content (AvgIpc) is 3.11. The summed E-state index contributed by atoms with van der Waals surface area (Å²) in [5, 5.41) is 6.53. The minimum Gasteiger partial charge on any atom is -0.309 e. The van der Waals surface area contributed by atoms with E-state index in [1.54, 1.807) is 0 Å². The summed E-state index contributed by atoms with van der Waals surface area (Å²) in [5.41, 5.74) is 1.32. The summed E-state index contributed by atoms with van der Waals surface area (Å²) in [7, 11) is 0. The number of pyridine rings is 1. The van der Waals surface area contributed by atoms with Gasteiger partial charge in [0.05, 0.1) is 6.04 Å². The maximum absolute atomic E-state index is 12.6. The van der Waals surface area contributed by atoms with E-state index >= 15 is 0 Å². The molecule has 3 unspecified atom stereocenters. The van der Waals surface area contributed by atoms with Crippen molar-refractivity contribution in [1.82, 2.24) is 15.2 Å². The first-order chi connectivity index (χ1) is 11.6. The highest BCUT2D eigenvalue weighted by atomic mass is 79.9. The van der Waals surface area contributed by atoms with E-state index in [1.807, 2.05) is 19.1 Å². The molecule has 1 aliphatic carbocycles. The normalized spacial score (nSPS) is 32.4. The Morgan fingerprint density at radius 1 is 1.38 bits per heavy atom. The monoisotopic (exact) mass is 392 g/mol. The number of aryl methyl sites for hydroxylation is 1. The quantitative estimate of drug-likeness (QED) is 0.773. The van der Waals surface area contributed by atoms with Gasteiger partial charge in [-0.05, 0) is 73.3 Å². The Labute approximate surface area is 151 Å². The molecule has 0 aromatic carbocycles. The molecular weight excluding hydrogens is 368 g/mol. The van der Waals surface area contributed by atoms with Gasteiger partial charge in [0, 0.05) is 18.0 Å². The molecule has 24 heavy (non-hydrogen) atoms. The number of anilines is 1. The van der Waals surface area contributed by atoms with Crippen LogP contribution < -0.4 is 10.6 Å². The van der Waals surface area contributed by atoms with E-state index in [0.717, 1.165) is 23.1 Å². The van der Waals surface area contributed by atoms with Gasteiger partial charge in [0.15, 0.2) is 0 Å². The standard InChI is InChI=1S/C18H25BrN4O/c1-12-5-6-15(19)21-16(12)22-17(24)13-9-18(10-14(18)20-13)11-23-7-3-2-4-8-23/h5-6,13-14,20H,2-4,7-11H2,1H3,(H,21,22,24). The smallest absolute Gasteiger partial charge is 0.242 e. The lowest BCUT2D eigenvalue weighted by Crippen LogP contribution is -2.39. The van der Waals surface area contributed by atoms with Crippen LogP contribution in [0.5, 0.6) is 0 Å². The molecule has 1 aromatic rings. The number of nitrogens with zero attached hydrogens (tertiary/aromatic N) is 2. The molecule has 2 aliphatic heterocycles. The molecule has 6 heteroatoms. The molecule has 0 radical (unpaired) electrons. The summed E-state index contributed by atoms with van der Waals surface area (Å²) in [6, 6.07) is 4.28. The Morgan fingerprint density at radius 3 is 2.96 bits per heavy atom. The van der Waals surface area contributed by atoms with E-state index in [2.05, 4.69) is 36.4 Å². The molecule has 4 rings (SSSR count). The Morgan fingerprint density at radius 2 is 2.17 bits per heavy atom. The molecule has 0 spiro atoms. The van der Waals surface area contributed by atoms with E-state index in [9.17, 15) is 4.79 Å². The Balaban J connectivity index is 1.36. The molecule has 5 nitrogen and oxygen atoms in total. The Hall–Kier alpha value is -0.980. The van der Waals surface area contributed by atoms with Crippen molar-refractivity contribution < 1.29 is 4.79 Å². The number of rotatable bonds is 4. The fraction of sp³-hybridized carbons (Fsp3) is 0.667.